The molecule has 1 aromatic rings. The fourth-order valence-electron chi connectivity index (χ4n) is 0.933. The van der Waals surface area contributed by atoms with E-state index in [-0.39, 0.29) is 44.4 Å². The standard InChI is InChI=1S/C8H10O.ClH.Zr/c1-6-3-7(2)5-8(9)4-6;;/h3-5,9H,1-2H3;1H;/q;;+2/p-2. The van der Waals surface area contributed by atoms with Crippen LogP contribution in [0.2, 0.25) is 0 Å². The molecule has 0 N–H and O–H groups in total. The molecule has 1 nitrogen and oxygen atoms in total. The Balaban J connectivity index is 0. The van der Waals surface area contributed by atoms with Crippen LogP contribution in [0.4, 0.5) is 0 Å². The number of benzene rings is 1. The van der Waals surface area contributed by atoms with Crippen LogP contribution in [-0.4, -0.2) is 0 Å². The van der Waals surface area contributed by atoms with Crippen molar-refractivity contribution in [2.75, 3.05) is 0 Å². The second-order valence-corrected chi connectivity index (χ2v) is 2.32. The van der Waals surface area contributed by atoms with Crippen LogP contribution in [-0.2, 0) is 26.2 Å². The average molecular weight is 248 g/mol. The third-order valence-corrected chi connectivity index (χ3v) is 1.20. The van der Waals surface area contributed by atoms with Crippen LogP contribution in [0.1, 0.15) is 11.1 Å². The van der Waals surface area contributed by atoms with Crippen LogP contribution in [0.25, 0.3) is 0 Å². The molecule has 0 fully saturated rings. The first-order valence-corrected chi connectivity index (χ1v) is 2.94. The summed E-state index contributed by atoms with van der Waals surface area (Å²) < 4.78 is 0. The number of halogens is 1. The van der Waals surface area contributed by atoms with Gasteiger partial charge < -0.3 is 17.5 Å². The van der Waals surface area contributed by atoms with E-state index in [0.29, 0.717) is 0 Å². The summed E-state index contributed by atoms with van der Waals surface area (Å²) in [5.74, 6) is 0.104. The summed E-state index contributed by atoms with van der Waals surface area (Å²) in [7, 11) is 0. The van der Waals surface area contributed by atoms with Gasteiger partial charge in [0.2, 0.25) is 0 Å². The van der Waals surface area contributed by atoms with Crippen molar-refractivity contribution in [2.24, 2.45) is 0 Å². The molecule has 0 atom stereocenters. The van der Waals surface area contributed by atoms with Gasteiger partial charge in [-0.1, -0.05) is 29.3 Å². The topological polar surface area (TPSA) is 23.1 Å². The predicted molar refractivity (Wildman–Crippen MR) is 35.4 cm³/mol. The Hall–Kier alpha value is 0.193. The number of aryl methyl sites for hydroxylation is 2. The van der Waals surface area contributed by atoms with E-state index in [4.69, 9.17) is 0 Å². The molecule has 58 valence electrons. The first kappa shape index (κ1) is 13.8. The van der Waals surface area contributed by atoms with Gasteiger partial charge in [-0.05, 0) is 13.8 Å². The van der Waals surface area contributed by atoms with Crippen molar-refractivity contribution < 1.29 is 43.7 Å². The summed E-state index contributed by atoms with van der Waals surface area (Å²) in [6, 6.07) is 5.25. The van der Waals surface area contributed by atoms with E-state index in [1.807, 2.05) is 19.9 Å². The van der Waals surface area contributed by atoms with Crippen LogP contribution in [0.15, 0.2) is 18.2 Å². The van der Waals surface area contributed by atoms with Crippen molar-refractivity contribution in [1.29, 1.82) is 0 Å². The van der Waals surface area contributed by atoms with Crippen LogP contribution >= 0.6 is 0 Å². The maximum Gasteiger partial charge on any atom is 2.00 e. The predicted octanol–water partition coefficient (Wildman–Crippen LogP) is -1.62. The Bertz CT molecular complexity index is 175. The molecule has 0 aliphatic heterocycles. The van der Waals surface area contributed by atoms with E-state index in [1.165, 1.54) is 0 Å². The van der Waals surface area contributed by atoms with Gasteiger partial charge in [0.15, 0.2) is 0 Å². The molecule has 0 spiro atoms. The Labute approximate surface area is 92.4 Å². The average Bonchev–Trinajstić information content (AvgIpc) is 1.59. The van der Waals surface area contributed by atoms with Crippen molar-refractivity contribution in [1.82, 2.24) is 0 Å². The summed E-state index contributed by atoms with van der Waals surface area (Å²) in [4.78, 5) is 0. The molecular formula is C8H9ClOZr. The molecule has 11 heavy (non-hydrogen) atoms. The first-order chi connectivity index (χ1) is 4.18. The van der Waals surface area contributed by atoms with Gasteiger partial charge >= 0.3 is 26.2 Å². The van der Waals surface area contributed by atoms with Gasteiger partial charge in [0.05, 0.1) is 0 Å². The second kappa shape index (κ2) is 5.79. The maximum atomic E-state index is 10.7. The Morgan fingerprint density at radius 2 is 1.36 bits per heavy atom. The Morgan fingerprint density at radius 3 is 1.64 bits per heavy atom. The van der Waals surface area contributed by atoms with Crippen molar-refractivity contribution in [3.63, 3.8) is 0 Å². The minimum Gasteiger partial charge on any atom is -1.00 e. The fraction of sp³-hybridized carbons (Fsp3) is 0.250. The molecular weight excluding hydrogens is 239 g/mol. The maximum absolute atomic E-state index is 10.7. The molecule has 0 aliphatic rings. The van der Waals surface area contributed by atoms with Crippen molar-refractivity contribution in [3.8, 4) is 5.75 Å². The van der Waals surface area contributed by atoms with E-state index < -0.39 is 0 Å². The molecule has 0 unspecified atom stereocenters. The SMILES string of the molecule is Cc1cc(C)cc([O-])c1.[Cl-].[Zr+2]. The van der Waals surface area contributed by atoms with Crippen LogP contribution in [0, 0.1) is 13.8 Å². The summed E-state index contributed by atoms with van der Waals surface area (Å²) in [5.41, 5.74) is 2.08. The minimum atomic E-state index is 0. The van der Waals surface area contributed by atoms with Crippen LogP contribution < -0.4 is 17.5 Å². The summed E-state index contributed by atoms with van der Waals surface area (Å²) in [5, 5.41) is 10.7. The van der Waals surface area contributed by atoms with E-state index in [2.05, 4.69) is 0 Å². The molecule has 1 rings (SSSR count). The molecule has 0 aliphatic carbocycles. The molecule has 0 aromatic heterocycles. The number of hydrogen-bond acceptors (Lipinski definition) is 1. The molecule has 3 heteroatoms. The Morgan fingerprint density at radius 1 is 1.00 bits per heavy atom. The zero-order valence-corrected chi connectivity index (χ0v) is 9.73. The Kier molecular flexibility index (Phi) is 7.25. The van der Waals surface area contributed by atoms with Gasteiger partial charge in [0, 0.05) is 0 Å². The van der Waals surface area contributed by atoms with E-state index >= 15 is 0 Å². The van der Waals surface area contributed by atoms with Gasteiger partial charge in [0.1, 0.15) is 0 Å². The molecule has 0 bridgehead atoms. The van der Waals surface area contributed by atoms with Crippen LogP contribution in [0.5, 0.6) is 5.75 Å². The molecule has 0 heterocycles. The quantitative estimate of drug-likeness (QED) is 0.541. The summed E-state index contributed by atoms with van der Waals surface area (Å²) >= 11 is 0. The third kappa shape index (κ3) is 4.60. The third-order valence-electron chi connectivity index (χ3n) is 1.20. The van der Waals surface area contributed by atoms with Crippen LogP contribution in [0.3, 0.4) is 0 Å². The van der Waals surface area contributed by atoms with Gasteiger partial charge in [-0.3, -0.25) is 0 Å². The first-order valence-electron chi connectivity index (χ1n) is 2.94. The smallest absolute Gasteiger partial charge is 1.00 e. The van der Waals surface area contributed by atoms with Gasteiger partial charge in [-0.25, -0.2) is 0 Å². The zero-order valence-electron chi connectivity index (χ0n) is 6.52. The monoisotopic (exact) mass is 246 g/mol. The summed E-state index contributed by atoms with van der Waals surface area (Å²) in [6.07, 6.45) is 0. The normalized spacial score (nSPS) is 7.82. The molecule has 1 aromatic carbocycles. The zero-order chi connectivity index (χ0) is 6.85. The summed E-state index contributed by atoms with van der Waals surface area (Å²) in [6.45, 7) is 3.85. The minimum absolute atomic E-state index is 0. The largest absolute Gasteiger partial charge is 2.00 e. The molecule has 0 radical (unpaired) electrons. The van der Waals surface area contributed by atoms with Gasteiger partial charge in [-0.15, -0.1) is 5.75 Å². The van der Waals surface area contributed by atoms with Crippen molar-refractivity contribution in [2.45, 2.75) is 13.8 Å². The van der Waals surface area contributed by atoms with E-state index in [1.54, 1.807) is 12.1 Å². The van der Waals surface area contributed by atoms with Crippen molar-refractivity contribution in [3.05, 3.63) is 29.3 Å². The van der Waals surface area contributed by atoms with Crippen molar-refractivity contribution >= 4 is 0 Å². The van der Waals surface area contributed by atoms with Gasteiger partial charge in [-0.2, -0.15) is 0 Å². The van der Waals surface area contributed by atoms with E-state index in [9.17, 15) is 5.11 Å². The van der Waals surface area contributed by atoms with E-state index in [0.717, 1.165) is 11.1 Å². The second-order valence-electron chi connectivity index (χ2n) is 2.32. The number of rotatable bonds is 0. The molecule has 0 amide bonds. The number of hydrogen-bond donors (Lipinski definition) is 0. The fourth-order valence-corrected chi connectivity index (χ4v) is 0.933. The molecule has 0 saturated carbocycles. The molecule has 0 saturated heterocycles. The van der Waals surface area contributed by atoms with Gasteiger partial charge in [0.25, 0.3) is 0 Å².